The van der Waals surface area contributed by atoms with Gasteiger partial charge >= 0.3 is 0 Å². The van der Waals surface area contributed by atoms with Crippen LogP contribution >= 0.6 is 11.6 Å². The zero-order chi connectivity index (χ0) is 11.5. The molecule has 82 valence electrons. The minimum absolute atomic E-state index is 0.450. The Labute approximate surface area is 98.8 Å². The van der Waals surface area contributed by atoms with Crippen molar-refractivity contribution < 1.29 is 4.74 Å². The van der Waals surface area contributed by atoms with Gasteiger partial charge in [-0.25, -0.2) is 4.98 Å². The van der Waals surface area contributed by atoms with E-state index in [1.54, 1.807) is 24.4 Å². The summed E-state index contributed by atoms with van der Waals surface area (Å²) in [5.41, 5.74) is 7.21. The molecule has 1 heterocycles. The molecule has 0 aliphatic rings. The number of hydrogen-bond acceptors (Lipinski definition) is 3. The van der Waals surface area contributed by atoms with Gasteiger partial charge in [-0.05, 0) is 25.1 Å². The SMILES string of the molecule is Cc1cccnc1Oc1c(N)cccc1Cl. The molecule has 2 aromatic rings. The fourth-order valence-corrected chi connectivity index (χ4v) is 1.53. The monoisotopic (exact) mass is 234 g/mol. The van der Waals surface area contributed by atoms with Gasteiger partial charge in [0, 0.05) is 11.8 Å². The predicted molar refractivity (Wildman–Crippen MR) is 64.9 cm³/mol. The van der Waals surface area contributed by atoms with Gasteiger partial charge in [0.25, 0.3) is 0 Å². The van der Waals surface area contributed by atoms with E-state index in [1.807, 2.05) is 19.1 Å². The molecule has 16 heavy (non-hydrogen) atoms. The molecule has 0 unspecified atom stereocenters. The molecular formula is C12H11ClN2O. The Kier molecular flexibility index (Phi) is 2.97. The van der Waals surface area contributed by atoms with E-state index < -0.39 is 0 Å². The molecule has 3 nitrogen and oxygen atoms in total. The molecule has 1 aromatic heterocycles. The van der Waals surface area contributed by atoms with Gasteiger partial charge in [-0.3, -0.25) is 0 Å². The lowest BCUT2D eigenvalue weighted by Gasteiger charge is -2.10. The molecule has 0 radical (unpaired) electrons. The van der Waals surface area contributed by atoms with Crippen LogP contribution in [0.25, 0.3) is 0 Å². The highest BCUT2D eigenvalue weighted by molar-refractivity contribution is 6.32. The van der Waals surface area contributed by atoms with Crippen LogP contribution in [0.5, 0.6) is 11.6 Å². The van der Waals surface area contributed by atoms with Crippen LogP contribution in [0.15, 0.2) is 36.5 Å². The maximum Gasteiger partial charge on any atom is 0.222 e. The summed E-state index contributed by atoms with van der Waals surface area (Å²) >= 11 is 6.00. The summed E-state index contributed by atoms with van der Waals surface area (Å²) in [4.78, 5) is 4.12. The molecule has 0 atom stereocenters. The summed E-state index contributed by atoms with van der Waals surface area (Å²) in [6.45, 7) is 1.91. The number of rotatable bonds is 2. The molecule has 0 bridgehead atoms. The molecule has 0 saturated heterocycles. The van der Waals surface area contributed by atoms with Crippen LogP contribution in [0.1, 0.15) is 5.56 Å². The first-order valence-electron chi connectivity index (χ1n) is 4.82. The Morgan fingerprint density at radius 2 is 2.06 bits per heavy atom. The van der Waals surface area contributed by atoms with Gasteiger partial charge in [0.1, 0.15) is 0 Å². The topological polar surface area (TPSA) is 48.1 Å². The summed E-state index contributed by atoms with van der Waals surface area (Å²) in [6, 6.07) is 8.99. The molecular weight excluding hydrogens is 224 g/mol. The number of hydrogen-bond donors (Lipinski definition) is 1. The Hall–Kier alpha value is -1.74. The third-order valence-corrected chi connectivity index (χ3v) is 2.46. The molecule has 0 aliphatic heterocycles. The van der Waals surface area contributed by atoms with Crippen molar-refractivity contribution in [1.82, 2.24) is 4.98 Å². The second-order valence-corrected chi connectivity index (χ2v) is 3.79. The first-order valence-corrected chi connectivity index (χ1v) is 5.20. The van der Waals surface area contributed by atoms with E-state index in [2.05, 4.69) is 4.98 Å². The Morgan fingerprint density at radius 3 is 2.75 bits per heavy atom. The predicted octanol–water partition coefficient (Wildman–Crippen LogP) is 3.42. The maximum absolute atomic E-state index is 6.00. The van der Waals surface area contributed by atoms with Crippen molar-refractivity contribution >= 4 is 17.3 Å². The second kappa shape index (κ2) is 4.41. The smallest absolute Gasteiger partial charge is 0.222 e. The third kappa shape index (κ3) is 2.09. The van der Waals surface area contributed by atoms with Crippen molar-refractivity contribution in [3.8, 4) is 11.6 Å². The quantitative estimate of drug-likeness (QED) is 0.810. The summed E-state index contributed by atoms with van der Waals surface area (Å²) in [7, 11) is 0. The molecule has 1 aromatic carbocycles. The average molecular weight is 235 g/mol. The first kappa shape index (κ1) is 10.8. The van der Waals surface area contributed by atoms with Crippen molar-refractivity contribution in [3.63, 3.8) is 0 Å². The molecule has 0 aliphatic carbocycles. The van der Waals surface area contributed by atoms with Crippen LogP contribution in [0.3, 0.4) is 0 Å². The van der Waals surface area contributed by atoms with Crippen LogP contribution in [0.2, 0.25) is 5.02 Å². The number of nitrogens with zero attached hydrogens (tertiary/aromatic N) is 1. The lowest BCUT2D eigenvalue weighted by molar-refractivity contribution is 0.461. The van der Waals surface area contributed by atoms with E-state index in [0.717, 1.165) is 5.56 Å². The number of aromatic nitrogens is 1. The molecule has 2 rings (SSSR count). The minimum Gasteiger partial charge on any atom is -0.435 e. The zero-order valence-corrected chi connectivity index (χ0v) is 9.53. The van der Waals surface area contributed by atoms with E-state index in [-0.39, 0.29) is 0 Å². The lowest BCUT2D eigenvalue weighted by Crippen LogP contribution is -1.95. The maximum atomic E-state index is 6.00. The van der Waals surface area contributed by atoms with Gasteiger partial charge in [-0.1, -0.05) is 23.7 Å². The average Bonchev–Trinajstić information content (AvgIpc) is 2.26. The fraction of sp³-hybridized carbons (Fsp3) is 0.0833. The van der Waals surface area contributed by atoms with Crippen LogP contribution in [0.4, 0.5) is 5.69 Å². The number of nitrogens with two attached hydrogens (primary N) is 1. The van der Waals surface area contributed by atoms with Crippen LogP contribution in [-0.2, 0) is 0 Å². The highest BCUT2D eigenvalue weighted by Gasteiger charge is 2.09. The number of aryl methyl sites for hydroxylation is 1. The van der Waals surface area contributed by atoms with Crippen LogP contribution < -0.4 is 10.5 Å². The standard InChI is InChI=1S/C12H11ClN2O/c1-8-4-3-7-15-12(8)16-11-9(13)5-2-6-10(11)14/h2-7H,14H2,1H3. The van der Waals surface area contributed by atoms with Gasteiger partial charge in [-0.15, -0.1) is 0 Å². The third-order valence-electron chi connectivity index (χ3n) is 2.16. The highest BCUT2D eigenvalue weighted by Crippen LogP contribution is 2.34. The number of nitrogen functional groups attached to an aromatic ring is 1. The Balaban J connectivity index is 2.38. The van der Waals surface area contributed by atoms with Crippen molar-refractivity contribution in [2.24, 2.45) is 0 Å². The second-order valence-electron chi connectivity index (χ2n) is 3.39. The Morgan fingerprint density at radius 1 is 1.25 bits per heavy atom. The van der Waals surface area contributed by atoms with Crippen molar-refractivity contribution in [3.05, 3.63) is 47.1 Å². The summed E-state index contributed by atoms with van der Waals surface area (Å²) < 4.78 is 5.60. The number of pyridine rings is 1. The number of ether oxygens (including phenoxy) is 1. The fourth-order valence-electron chi connectivity index (χ4n) is 1.31. The van der Waals surface area contributed by atoms with Gasteiger partial charge in [0.15, 0.2) is 5.75 Å². The van der Waals surface area contributed by atoms with Crippen molar-refractivity contribution in [2.75, 3.05) is 5.73 Å². The zero-order valence-electron chi connectivity index (χ0n) is 8.77. The molecule has 4 heteroatoms. The van der Waals surface area contributed by atoms with Crippen molar-refractivity contribution in [2.45, 2.75) is 6.92 Å². The van der Waals surface area contributed by atoms with E-state index in [9.17, 15) is 0 Å². The number of para-hydroxylation sites is 1. The molecule has 0 amide bonds. The normalized spacial score (nSPS) is 10.1. The van der Waals surface area contributed by atoms with E-state index in [0.29, 0.717) is 22.3 Å². The Bertz CT molecular complexity index is 494. The molecule has 2 N–H and O–H groups in total. The molecule has 0 saturated carbocycles. The van der Waals surface area contributed by atoms with E-state index in [4.69, 9.17) is 22.1 Å². The largest absolute Gasteiger partial charge is 0.435 e. The van der Waals surface area contributed by atoms with Crippen LogP contribution in [0, 0.1) is 6.92 Å². The minimum atomic E-state index is 0.450. The van der Waals surface area contributed by atoms with E-state index in [1.165, 1.54) is 0 Å². The number of anilines is 1. The van der Waals surface area contributed by atoms with E-state index >= 15 is 0 Å². The van der Waals surface area contributed by atoms with Gasteiger partial charge in [0.05, 0.1) is 10.7 Å². The molecule has 0 spiro atoms. The van der Waals surface area contributed by atoms with Crippen LogP contribution in [-0.4, -0.2) is 4.98 Å². The highest BCUT2D eigenvalue weighted by atomic mass is 35.5. The summed E-state index contributed by atoms with van der Waals surface area (Å²) in [5.74, 6) is 0.966. The van der Waals surface area contributed by atoms with Gasteiger partial charge in [0.2, 0.25) is 5.88 Å². The lowest BCUT2D eigenvalue weighted by atomic mass is 10.3. The molecule has 0 fully saturated rings. The van der Waals surface area contributed by atoms with Crippen molar-refractivity contribution in [1.29, 1.82) is 0 Å². The number of halogens is 1. The van der Waals surface area contributed by atoms with Gasteiger partial charge < -0.3 is 10.5 Å². The first-order chi connectivity index (χ1) is 7.68. The number of benzene rings is 1. The van der Waals surface area contributed by atoms with Gasteiger partial charge in [-0.2, -0.15) is 0 Å². The summed E-state index contributed by atoms with van der Waals surface area (Å²) in [5, 5.41) is 0.477. The summed E-state index contributed by atoms with van der Waals surface area (Å²) in [6.07, 6.45) is 1.66.